The molecular weight excluding hydrogens is 206 g/mol. The molecule has 2 heterocycles. The molecule has 0 aromatic carbocycles. The standard InChI is InChI=1S/C11H19N3O2/c1-2-3-6-14-11(9(8-15)12-13-14)10-5-4-7-16-10/h10,15H,2-8H2,1H3. The number of unbranched alkanes of at least 4 members (excludes halogenated alkanes) is 1. The Bertz CT molecular complexity index is 332. The minimum atomic E-state index is -0.0542. The van der Waals surface area contributed by atoms with Crippen molar-refractivity contribution in [1.82, 2.24) is 15.0 Å². The van der Waals surface area contributed by atoms with Gasteiger partial charge in [-0.1, -0.05) is 18.6 Å². The maximum Gasteiger partial charge on any atom is 0.114 e. The van der Waals surface area contributed by atoms with Gasteiger partial charge in [0.1, 0.15) is 11.8 Å². The van der Waals surface area contributed by atoms with Crippen LogP contribution in [-0.2, 0) is 17.9 Å². The quantitative estimate of drug-likeness (QED) is 0.823. The summed E-state index contributed by atoms with van der Waals surface area (Å²) in [5.74, 6) is 0. The van der Waals surface area contributed by atoms with Gasteiger partial charge in [-0.25, -0.2) is 4.68 Å². The third-order valence-electron chi connectivity index (χ3n) is 2.96. The molecule has 0 amide bonds. The van der Waals surface area contributed by atoms with Crippen molar-refractivity contribution >= 4 is 0 Å². The van der Waals surface area contributed by atoms with E-state index in [2.05, 4.69) is 17.2 Å². The molecular formula is C11H19N3O2. The molecule has 5 nitrogen and oxygen atoms in total. The molecule has 0 radical (unpaired) electrons. The molecule has 1 aromatic heterocycles. The molecule has 0 aliphatic carbocycles. The summed E-state index contributed by atoms with van der Waals surface area (Å²) in [7, 11) is 0. The highest BCUT2D eigenvalue weighted by Crippen LogP contribution is 2.30. The SMILES string of the molecule is CCCCn1nnc(CO)c1C1CCCO1. The van der Waals surface area contributed by atoms with Gasteiger partial charge in [0.2, 0.25) is 0 Å². The first-order valence-corrected chi connectivity index (χ1v) is 6.01. The Balaban J connectivity index is 2.19. The van der Waals surface area contributed by atoms with Gasteiger partial charge in [0.15, 0.2) is 0 Å². The van der Waals surface area contributed by atoms with Crippen molar-refractivity contribution in [2.24, 2.45) is 0 Å². The van der Waals surface area contributed by atoms with Crippen molar-refractivity contribution in [3.8, 4) is 0 Å². The molecule has 1 N–H and O–H groups in total. The van der Waals surface area contributed by atoms with E-state index in [1.54, 1.807) is 0 Å². The summed E-state index contributed by atoms with van der Waals surface area (Å²) in [5.41, 5.74) is 1.65. The summed E-state index contributed by atoms with van der Waals surface area (Å²) >= 11 is 0. The fraction of sp³-hybridized carbons (Fsp3) is 0.818. The predicted molar refractivity (Wildman–Crippen MR) is 58.8 cm³/mol. The van der Waals surface area contributed by atoms with Crippen molar-refractivity contribution in [3.63, 3.8) is 0 Å². The number of aromatic nitrogens is 3. The maximum absolute atomic E-state index is 9.25. The molecule has 0 bridgehead atoms. The van der Waals surface area contributed by atoms with Crippen LogP contribution in [0.5, 0.6) is 0 Å². The molecule has 1 fully saturated rings. The zero-order valence-electron chi connectivity index (χ0n) is 9.72. The minimum Gasteiger partial charge on any atom is -0.390 e. The van der Waals surface area contributed by atoms with Gasteiger partial charge in [-0.3, -0.25) is 0 Å². The smallest absolute Gasteiger partial charge is 0.114 e. The van der Waals surface area contributed by atoms with Crippen molar-refractivity contribution in [1.29, 1.82) is 0 Å². The van der Waals surface area contributed by atoms with Crippen LogP contribution in [0.25, 0.3) is 0 Å². The zero-order valence-corrected chi connectivity index (χ0v) is 9.72. The number of aryl methyl sites for hydroxylation is 1. The lowest BCUT2D eigenvalue weighted by molar-refractivity contribution is 0.102. The number of hydrogen-bond acceptors (Lipinski definition) is 4. The van der Waals surface area contributed by atoms with Gasteiger partial charge in [0, 0.05) is 13.2 Å². The van der Waals surface area contributed by atoms with E-state index >= 15 is 0 Å². The highest BCUT2D eigenvalue weighted by Gasteiger charge is 2.25. The lowest BCUT2D eigenvalue weighted by Gasteiger charge is -2.12. The molecule has 1 atom stereocenters. The second-order valence-corrected chi connectivity index (χ2v) is 4.16. The van der Waals surface area contributed by atoms with Gasteiger partial charge in [-0.05, 0) is 19.3 Å². The van der Waals surface area contributed by atoms with Gasteiger partial charge in [0.25, 0.3) is 0 Å². The van der Waals surface area contributed by atoms with Crippen LogP contribution in [0.2, 0.25) is 0 Å². The Labute approximate surface area is 95.4 Å². The number of nitrogens with zero attached hydrogens (tertiary/aromatic N) is 3. The average Bonchev–Trinajstić information content (AvgIpc) is 2.94. The molecule has 1 aliphatic heterocycles. The molecule has 0 saturated carbocycles. The molecule has 1 aromatic rings. The topological polar surface area (TPSA) is 60.2 Å². The van der Waals surface area contributed by atoms with E-state index in [4.69, 9.17) is 4.74 Å². The lowest BCUT2D eigenvalue weighted by atomic mass is 10.1. The van der Waals surface area contributed by atoms with E-state index in [9.17, 15) is 5.11 Å². The Kier molecular flexibility index (Phi) is 3.90. The summed E-state index contributed by atoms with van der Waals surface area (Å²) in [4.78, 5) is 0. The summed E-state index contributed by atoms with van der Waals surface area (Å²) < 4.78 is 7.54. The fourth-order valence-electron chi connectivity index (χ4n) is 2.09. The largest absolute Gasteiger partial charge is 0.390 e. The molecule has 2 rings (SSSR count). The second-order valence-electron chi connectivity index (χ2n) is 4.16. The highest BCUT2D eigenvalue weighted by atomic mass is 16.5. The third kappa shape index (κ3) is 2.25. The molecule has 1 aliphatic rings. The Hall–Kier alpha value is -0.940. The predicted octanol–water partition coefficient (Wildman–Crippen LogP) is 1.42. The van der Waals surface area contributed by atoms with Gasteiger partial charge < -0.3 is 9.84 Å². The zero-order chi connectivity index (χ0) is 11.4. The fourth-order valence-corrected chi connectivity index (χ4v) is 2.09. The third-order valence-corrected chi connectivity index (χ3v) is 2.96. The number of rotatable bonds is 5. The van der Waals surface area contributed by atoms with Crippen LogP contribution in [0, 0.1) is 0 Å². The Morgan fingerprint density at radius 3 is 3.06 bits per heavy atom. The van der Waals surface area contributed by atoms with E-state index in [0.717, 1.165) is 44.5 Å². The van der Waals surface area contributed by atoms with Crippen LogP contribution in [0.3, 0.4) is 0 Å². The van der Waals surface area contributed by atoms with Crippen LogP contribution >= 0.6 is 0 Å². The van der Waals surface area contributed by atoms with E-state index in [1.165, 1.54) is 0 Å². The van der Waals surface area contributed by atoms with E-state index in [1.807, 2.05) is 4.68 Å². The van der Waals surface area contributed by atoms with Gasteiger partial charge in [-0.2, -0.15) is 0 Å². The maximum atomic E-state index is 9.25. The molecule has 16 heavy (non-hydrogen) atoms. The van der Waals surface area contributed by atoms with Crippen molar-refractivity contribution in [3.05, 3.63) is 11.4 Å². The summed E-state index contributed by atoms with van der Waals surface area (Å²) in [6, 6.07) is 0. The molecule has 0 spiro atoms. The molecule has 90 valence electrons. The second kappa shape index (κ2) is 5.41. The number of aliphatic hydroxyl groups is 1. The average molecular weight is 225 g/mol. The summed E-state index contributed by atoms with van der Waals surface area (Å²) in [6.45, 7) is 3.75. The van der Waals surface area contributed by atoms with Gasteiger partial charge in [0.05, 0.1) is 12.3 Å². The van der Waals surface area contributed by atoms with Crippen LogP contribution in [0.15, 0.2) is 0 Å². The monoisotopic (exact) mass is 225 g/mol. The molecule has 5 heteroatoms. The van der Waals surface area contributed by atoms with Gasteiger partial charge >= 0.3 is 0 Å². The first kappa shape index (κ1) is 11.5. The van der Waals surface area contributed by atoms with Crippen molar-refractivity contribution < 1.29 is 9.84 Å². The van der Waals surface area contributed by atoms with Crippen molar-refractivity contribution in [2.45, 2.75) is 51.9 Å². The summed E-state index contributed by atoms with van der Waals surface area (Å²) in [5, 5.41) is 17.4. The van der Waals surface area contributed by atoms with Crippen LogP contribution in [0.4, 0.5) is 0 Å². The van der Waals surface area contributed by atoms with E-state index in [0.29, 0.717) is 5.69 Å². The number of aliphatic hydroxyl groups excluding tert-OH is 1. The highest BCUT2D eigenvalue weighted by molar-refractivity contribution is 5.13. The number of hydrogen-bond donors (Lipinski definition) is 1. The van der Waals surface area contributed by atoms with Crippen LogP contribution in [-0.4, -0.2) is 26.7 Å². The minimum absolute atomic E-state index is 0.0542. The lowest BCUT2D eigenvalue weighted by Crippen LogP contribution is -2.10. The summed E-state index contributed by atoms with van der Waals surface area (Å²) in [6.07, 6.45) is 4.36. The van der Waals surface area contributed by atoms with Crippen LogP contribution in [0.1, 0.15) is 50.1 Å². The van der Waals surface area contributed by atoms with Gasteiger partial charge in [-0.15, -0.1) is 5.10 Å². The first-order chi connectivity index (χ1) is 7.86. The first-order valence-electron chi connectivity index (χ1n) is 6.01. The molecule has 1 unspecified atom stereocenters. The van der Waals surface area contributed by atoms with E-state index < -0.39 is 0 Å². The Morgan fingerprint density at radius 2 is 2.44 bits per heavy atom. The normalized spacial score (nSPS) is 20.5. The number of ether oxygens (including phenoxy) is 1. The van der Waals surface area contributed by atoms with Crippen LogP contribution < -0.4 is 0 Å². The van der Waals surface area contributed by atoms with E-state index in [-0.39, 0.29) is 12.7 Å². The van der Waals surface area contributed by atoms with Crippen molar-refractivity contribution in [2.75, 3.05) is 6.61 Å². The Morgan fingerprint density at radius 1 is 1.56 bits per heavy atom. The molecule has 1 saturated heterocycles.